The highest BCUT2D eigenvalue weighted by molar-refractivity contribution is 5.98. The Morgan fingerprint density at radius 3 is 2.49 bits per heavy atom. The van der Waals surface area contributed by atoms with Crippen LogP contribution in [0.2, 0.25) is 0 Å². The van der Waals surface area contributed by atoms with Crippen LogP contribution >= 0.6 is 0 Å². The first-order valence-electron chi connectivity index (χ1n) is 11.7. The highest BCUT2D eigenvalue weighted by Crippen LogP contribution is 2.36. The second-order valence-corrected chi connectivity index (χ2v) is 8.74. The van der Waals surface area contributed by atoms with Gasteiger partial charge in [-0.05, 0) is 43.8 Å². The van der Waals surface area contributed by atoms with Crippen molar-refractivity contribution in [3.63, 3.8) is 0 Å². The molecule has 0 atom stereocenters. The van der Waals surface area contributed by atoms with Crippen LogP contribution in [0.3, 0.4) is 0 Å². The number of nitrogens with one attached hydrogen (secondary N) is 2. The van der Waals surface area contributed by atoms with Crippen molar-refractivity contribution in [2.24, 2.45) is 0 Å². The average molecular weight is 479 g/mol. The Bertz CT molecular complexity index is 1320. The van der Waals surface area contributed by atoms with Crippen molar-refractivity contribution >= 4 is 22.7 Å². The summed E-state index contributed by atoms with van der Waals surface area (Å²) in [6.45, 7) is 7.49. The molecule has 3 heterocycles. The number of benzene rings is 2. The van der Waals surface area contributed by atoms with E-state index in [4.69, 9.17) is 4.74 Å². The molecule has 0 bridgehead atoms. The fourth-order valence-corrected chi connectivity index (χ4v) is 4.30. The number of aromatic nitrogens is 3. The molecule has 1 fully saturated rings. The Labute approximate surface area is 202 Å². The molecule has 0 aliphatic carbocycles. The molecule has 0 saturated carbocycles. The van der Waals surface area contributed by atoms with Gasteiger partial charge in [-0.2, -0.15) is 9.97 Å². The minimum atomic E-state index is -0.660. The van der Waals surface area contributed by atoms with Gasteiger partial charge in [0.05, 0.1) is 12.0 Å². The summed E-state index contributed by atoms with van der Waals surface area (Å²) >= 11 is 0. The van der Waals surface area contributed by atoms with Crippen LogP contribution in [-0.4, -0.2) is 64.6 Å². The van der Waals surface area contributed by atoms with Gasteiger partial charge in [0.15, 0.2) is 0 Å². The number of anilines is 2. The van der Waals surface area contributed by atoms with Crippen LogP contribution in [-0.2, 0) is 6.54 Å². The lowest BCUT2D eigenvalue weighted by atomic mass is 10.1. The molecule has 182 valence electrons. The topological polar surface area (TPSA) is 69.3 Å². The van der Waals surface area contributed by atoms with Gasteiger partial charge < -0.3 is 19.9 Å². The Balaban J connectivity index is 1.38. The number of piperazine rings is 1. The summed E-state index contributed by atoms with van der Waals surface area (Å²) in [7, 11) is 2.16. The van der Waals surface area contributed by atoms with E-state index in [-0.39, 0.29) is 5.56 Å². The quantitative estimate of drug-likeness (QED) is 0.398. The van der Waals surface area contributed by atoms with Gasteiger partial charge in [0.25, 0.3) is 0 Å². The van der Waals surface area contributed by atoms with Crippen LogP contribution in [0.4, 0.5) is 20.4 Å². The van der Waals surface area contributed by atoms with E-state index < -0.39 is 11.6 Å². The zero-order chi connectivity index (χ0) is 24.4. The molecule has 2 N–H and O–H groups in total. The van der Waals surface area contributed by atoms with Gasteiger partial charge in [0.1, 0.15) is 17.3 Å². The molecule has 9 heteroatoms. The van der Waals surface area contributed by atoms with E-state index in [1.807, 2.05) is 19.1 Å². The molecule has 4 aromatic rings. The molecule has 1 aliphatic heterocycles. The predicted octanol–water partition coefficient (Wildman–Crippen LogP) is 4.79. The van der Waals surface area contributed by atoms with Crippen LogP contribution in [0, 0.1) is 11.6 Å². The maximum atomic E-state index is 14.5. The third kappa shape index (κ3) is 5.11. The lowest BCUT2D eigenvalue weighted by Crippen LogP contribution is -2.43. The third-order valence-corrected chi connectivity index (χ3v) is 6.21. The number of rotatable bonds is 7. The Hall–Kier alpha value is -3.56. The maximum Gasteiger partial charge on any atom is 0.232 e. The SMILES string of the molecule is CCOc1nc(Nc2ccc(CN3CCN(C)CC3)cc2)nc2[nH]cc(-c3ccc(F)cc3F)c12. The molecule has 5 rings (SSSR count). The fourth-order valence-electron chi connectivity index (χ4n) is 4.30. The molecule has 1 aliphatic rings. The van der Waals surface area contributed by atoms with Crippen molar-refractivity contribution in [3.8, 4) is 17.0 Å². The van der Waals surface area contributed by atoms with Gasteiger partial charge in [-0.15, -0.1) is 0 Å². The van der Waals surface area contributed by atoms with Gasteiger partial charge in [0.2, 0.25) is 11.8 Å². The summed E-state index contributed by atoms with van der Waals surface area (Å²) in [5, 5.41) is 3.78. The first-order chi connectivity index (χ1) is 17.0. The molecule has 0 unspecified atom stereocenters. The minimum absolute atomic E-state index is 0.249. The summed E-state index contributed by atoms with van der Waals surface area (Å²) in [6, 6.07) is 11.7. The third-order valence-electron chi connectivity index (χ3n) is 6.21. The number of halogens is 2. The van der Waals surface area contributed by atoms with Gasteiger partial charge in [-0.25, -0.2) is 8.78 Å². The smallest absolute Gasteiger partial charge is 0.232 e. The number of H-pyrrole nitrogens is 1. The van der Waals surface area contributed by atoms with E-state index in [2.05, 4.69) is 49.2 Å². The number of ether oxygens (including phenoxy) is 1. The Morgan fingerprint density at radius 2 is 1.77 bits per heavy atom. The second-order valence-electron chi connectivity index (χ2n) is 8.74. The van der Waals surface area contributed by atoms with Crippen LogP contribution in [0.25, 0.3) is 22.2 Å². The average Bonchev–Trinajstić information content (AvgIpc) is 3.26. The van der Waals surface area contributed by atoms with Gasteiger partial charge >= 0.3 is 0 Å². The lowest BCUT2D eigenvalue weighted by molar-refractivity contribution is 0.148. The largest absolute Gasteiger partial charge is 0.477 e. The molecule has 0 amide bonds. The highest BCUT2D eigenvalue weighted by atomic mass is 19.1. The van der Waals surface area contributed by atoms with Crippen molar-refractivity contribution in [2.45, 2.75) is 13.5 Å². The normalized spacial score (nSPS) is 15.0. The van der Waals surface area contributed by atoms with Gasteiger partial charge in [-0.1, -0.05) is 12.1 Å². The zero-order valence-electron chi connectivity index (χ0n) is 19.8. The van der Waals surface area contributed by atoms with Crippen molar-refractivity contribution in [2.75, 3.05) is 45.2 Å². The van der Waals surface area contributed by atoms with E-state index >= 15 is 0 Å². The van der Waals surface area contributed by atoms with E-state index in [0.29, 0.717) is 35.0 Å². The monoisotopic (exact) mass is 478 g/mol. The van der Waals surface area contributed by atoms with Crippen molar-refractivity contribution in [3.05, 3.63) is 65.9 Å². The van der Waals surface area contributed by atoms with Crippen LogP contribution in [0.1, 0.15) is 12.5 Å². The molecule has 0 spiro atoms. The molecule has 35 heavy (non-hydrogen) atoms. The summed E-state index contributed by atoms with van der Waals surface area (Å²) in [5.41, 5.74) is 3.36. The summed E-state index contributed by atoms with van der Waals surface area (Å²) in [6.07, 6.45) is 1.63. The minimum Gasteiger partial charge on any atom is -0.477 e. The van der Waals surface area contributed by atoms with E-state index in [0.717, 1.165) is 44.5 Å². The highest BCUT2D eigenvalue weighted by Gasteiger charge is 2.19. The van der Waals surface area contributed by atoms with Crippen LogP contribution < -0.4 is 10.1 Å². The zero-order valence-corrected chi connectivity index (χ0v) is 19.8. The number of likely N-dealkylation sites (N-methyl/N-ethyl adjacent to an activating group) is 1. The summed E-state index contributed by atoms with van der Waals surface area (Å²) in [4.78, 5) is 17.0. The molecule has 1 saturated heterocycles. The van der Waals surface area contributed by atoms with Crippen LogP contribution in [0.15, 0.2) is 48.7 Å². The predicted molar refractivity (Wildman–Crippen MR) is 133 cm³/mol. The van der Waals surface area contributed by atoms with Crippen molar-refractivity contribution < 1.29 is 13.5 Å². The summed E-state index contributed by atoms with van der Waals surface area (Å²) < 4.78 is 33.7. The summed E-state index contributed by atoms with van der Waals surface area (Å²) in [5.74, 6) is -0.604. The number of nitrogens with zero attached hydrogens (tertiary/aromatic N) is 4. The number of aromatic amines is 1. The first kappa shape index (κ1) is 23.2. The van der Waals surface area contributed by atoms with E-state index in [1.54, 1.807) is 6.20 Å². The van der Waals surface area contributed by atoms with Crippen LogP contribution in [0.5, 0.6) is 5.88 Å². The second kappa shape index (κ2) is 9.97. The molecule has 0 radical (unpaired) electrons. The van der Waals surface area contributed by atoms with E-state index in [1.165, 1.54) is 17.7 Å². The van der Waals surface area contributed by atoms with Crippen molar-refractivity contribution in [1.82, 2.24) is 24.8 Å². The standard InChI is InChI=1S/C26H28F2N6O/c1-3-35-25-23-21(20-9-6-18(27)14-22(20)28)15-29-24(23)31-26(32-25)30-19-7-4-17(5-8-19)16-34-12-10-33(2)11-13-34/h4-9,14-15H,3,10-13,16H2,1-2H3,(H2,29,30,31,32). The Morgan fingerprint density at radius 1 is 1.00 bits per heavy atom. The molecule has 2 aromatic heterocycles. The van der Waals surface area contributed by atoms with E-state index in [9.17, 15) is 8.78 Å². The fraction of sp³-hybridized carbons (Fsp3) is 0.308. The number of fused-ring (bicyclic) bond motifs is 1. The molecule has 7 nitrogen and oxygen atoms in total. The van der Waals surface area contributed by atoms with Gasteiger partial charge in [0, 0.05) is 61.8 Å². The maximum absolute atomic E-state index is 14.5. The molecule has 2 aromatic carbocycles. The Kier molecular flexibility index (Phi) is 6.61. The molecular weight excluding hydrogens is 450 g/mol. The lowest BCUT2D eigenvalue weighted by Gasteiger charge is -2.32. The number of hydrogen-bond donors (Lipinski definition) is 2. The first-order valence-corrected chi connectivity index (χ1v) is 11.7. The van der Waals surface area contributed by atoms with Gasteiger partial charge in [-0.3, -0.25) is 4.90 Å². The number of hydrogen-bond acceptors (Lipinski definition) is 6. The molecular formula is C26H28F2N6O. The van der Waals surface area contributed by atoms with Crippen molar-refractivity contribution in [1.29, 1.82) is 0 Å².